The Balaban J connectivity index is 2.28. The van der Waals surface area contributed by atoms with Crippen molar-refractivity contribution in [2.75, 3.05) is 7.11 Å². The van der Waals surface area contributed by atoms with E-state index in [-0.39, 0.29) is 11.2 Å². The molecule has 0 heterocycles. The lowest BCUT2D eigenvalue weighted by atomic mass is 9.86. The number of hydrogen-bond donors (Lipinski definition) is 1. The van der Waals surface area contributed by atoms with Gasteiger partial charge in [-0.15, -0.1) is 5.11 Å². The van der Waals surface area contributed by atoms with Crippen LogP contribution in [0.15, 0.2) is 52.7 Å². The summed E-state index contributed by atoms with van der Waals surface area (Å²) >= 11 is 0. The lowest BCUT2D eigenvalue weighted by Crippen LogP contribution is -2.10. The summed E-state index contributed by atoms with van der Waals surface area (Å²) in [6, 6.07) is 12.8. The monoisotopic (exact) mass is 284 g/mol. The SMILES string of the molecule is COc1ccc(N=Nc2cccc(C(C)(C)C)c2O)cc1. The van der Waals surface area contributed by atoms with E-state index in [0.717, 1.165) is 11.3 Å². The largest absolute Gasteiger partial charge is 0.505 e. The van der Waals surface area contributed by atoms with Crippen molar-refractivity contribution < 1.29 is 9.84 Å². The molecule has 2 aromatic carbocycles. The number of methoxy groups -OCH3 is 1. The second-order valence-corrected chi connectivity index (χ2v) is 5.82. The van der Waals surface area contributed by atoms with Gasteiger partial charge in [-0.3, -0.25) is 0 Å². The molecule has 4 heteroatoms. The van der Waals surface area contributed by atoms with Gasteiger partial charge in [-0.05, 0) is 35.7 Å². The zero-order valence-electron chi connectivity index (χ0n) is 12.8. The van der Waals surface area contributed by atoms with Gasteiger partial charge in [-0.25, -0.2) is 0 Å². The molecule has 1 N–H and O–H groups in total. The zero-order chi connectivity index (χ0) is 15.5. The molecule has 4 nitrogen and oxygen atoms in total. The third kappa shape index (κ3) is 3.60. The maximum atomic E-state index is 10.3. The van der Waals surface area contributed by atoms with E-state index in [1.165, 1.54) is 0 Å². The standard InChI is InChI=1S/C17H20N2O2/c1-17(2,3)14-6-5-7-15(16(14)20)19-18-12-8-10-13(21-4)11-9-12/h5-11,20H,1-4H3. The molecule has 0 saturated heterocycles. The average Bonchev–Trinajstić information content (AvgIpc) is 2.45. The lowest BCUT2D eigenvalue weighted by molar-refractivity contribution is 0.415. The Morgan fingerprint density at radius 3 is 2.19 bits per heavy atom. The van der Waals surface area contributed by atoms with Crippen molar-refractivity contribution in [1.29, 1.82) is 0 Å². The first kappa shape index (κ1) is 15.0. The number of aromatic hydroxyl groups is 1. The zero-order valence-corrected chi connectivity index (χ0v) is 12.8. The minimum absolute atomic E-state index is 0.143. The molecule has 2 aromatic rings. The molecule has 21 heavy (non-hydrogen) atoms. The number of nitrogens with zero attached hydrogens (tertiary/aromatic N) is 2. The second kappa shape index (κ2) is 5.95. The summed E-state index contributed by atoms with van der Waals surface area (Å²) in [5.74, 6) is 0.953. The van der Waals surface area contributed by atoms with Crippen molar-refractivity contribution in [3.05, 3.63) is 48.0 Å². The molecule has 0 unspecified atom stereocenters. The number of phenols is 1. The molecule has 0 fully saturated rings. The van der Waals surface area contributed by atoms with Crippen LogP contribution in [-0.2, 0) is 5.41 Å². The highest BCUT2D eigenvalue weighted by molar-refractivity contribution is 5.57. The fourth-order valence-electron chi connectivity index (χ4n) is 1.98. The van der Waals surface area contributed by atoms with Gasteiger partial charge in [0.2, 0.25) is 0 Å². The summed E-state index contributed by atoms with van der Waals surface area (Å²) in [5.41, 5.74) is 1.89. The lowest BCUT2D eigenvalue weighted by Gasteiger charge is -2.20. The van der Waals surface area contributed by atoms with Crippen molar-refractivity contribution in [2.24, 2.45) is 10.2 Å². The maximum absolute atomic E-state index is 10.3. The van der Waals surface area contributed by atoms with Crippen LogP contribution >= 0.6 is 0 Å². The van der Waals surface area contributed by atoms with Crippen LogP contribution in [0.25, 0.3) is 0 Å². The molecule has 0 atom stereocenters. The number of hydrogen-bond acceptors (Lipinski definition) is 4. The quantitative estimate of drug-likeness (QED) is 0.796. The van der Waals surface area contributed by atoms with Crippen molar-refractivity contribution in [3.63, 3.8) is 0 Å². The normalized spacial score (nSPS) is 11.8. The molecule has 2 rings (SSSR count). The van der Waals surface area contributed by atoms with Crippen LogP contribution in [0.3, 0.4) is 0 Å². The molecule has 0 radical (unpaired) electrons. The minimum Gasteiger partial charge on any atom is -0.505 e. The van der Waals surface area contributed by atoms with Gasteiger partial charge in [0.15, 0.2) is 0 Å². The van der Waals surface area contributed by atoms with Gasteiger partial charge < -0.3 is 9.84 Å². The highest BCUT2D eigenvalue weighted by atomic mass is 16.5. The van der Waals surface area contributed by atoms with E-state index in [0.29, 0.717) is 11.4 Å². The Bertz CT molecular complexity index is 641. The Labute approximate surface area is 125 Å². The number of phenolic OH excluding ortho intramolecular Hbond substituents is 1. The average molecular weight is 284 g/mol. The van der Waals surface area contributed by atoms with Gasteiger partial charge in [0.1, 0.15) is 17.2 Å². The number of para-hydroxylation sites is 1. The third-order valence-electron chi connectivity index (χ3n) is 3.17. The molecule has 0 aliphatic carbocycles. The molecule has 0 spiro atoms. The van der Waals surface area contributed by atoms with Crippen LogP contribution in [-0.4, -0.2) is 12.2 Å². The first-order chi connectivity index (χ1) is 9.91. The van der Waals surface area contributed by atoms with Gasteiger partial charge in [0, 0.05) is 5.56 Å². The molecule has 0 amide bonds. The van der Waals surface area contributed by atoms with Crippen LogP contribution in [0.1, 0.15) is 26.3 Å². The van der Waals surface area contributed by atoms with Crippen LogP contribution in [0, 0.1) is 0 Å². The molecule has 0 aliphatic rings. The smallest absolute Gasteiger partial charge is 0.146 e. The minimum atomic E-state index is -0.143. The molecule has 0 bridgehead atoms. The first-order valence-electron chi connectivity index (χ1n) is 6.80. The topological polar surface area (TPSA) is 54.2 Å². The summed E-state index contributed by atoms with van der Waals surface area (Å²) in [4.78, 5) is 0. The van der Waals surface area contributed by atoms with Crippen LogP contribution in [0.2, 0.25) is 0 Å². The van der Waals surface area contributed by atoms with Crippen LogP contribution in [0.5, 0.6) is 11.5 Å². The number of ether oxygens (including phenoxy) is 1. The summed E-state index contributed by atoms with van der Waals surface area (Å²) in [5, 5.41) is 18.6. The van der Waals surface area contributed by atoms with Crippen molar-refractivity contribution in [2.45, 2.75) is 26.2 Å². The van der Waals surface area contributed by atoms with Gasteiger partial charge in [0.25, 0.3) is 0 Å². The van der Waals surface area contributed by atoms with E-state index in [1.54, 1.807) is 13.2 Å². The Morgan fingerprint density at radius 1 is 0.952 bits per heavy atom. The highest BCUT2D eigenvalue weighted by Gasteiger charge is 2.19. The molecule has 110 valence electrons. The van der Waals surface area contributed by atoms with Crippen molar-refractivity contribution >= 4 is 11.4 Å². The summed E-state index contributed by atoms with van der Waals surface area (Å²) in [6.07, 6.45) is 0. The number of benzene rings is 2. The molecule has 0 aliphatic heterocycles. The van der Waals surface area contributed by atoms with Gasteiger partial charge >= 0.3 is 0 Å². The maximum Gasteiger partial charge on any atom is 0.146 e. The van der Waals surface area contributed by atoms with Gasteiger partial charge in [-0.2, -0.15) is 5.11 Å². The Morgan fingerprint density at radius 2 is 1.62 bits per heavy atom. The fraction of sp³-hybridized carbons (Fsp3) is 0.294. The van der Waals surface area contributed by atoms with E-state index >= 15 is 0 Å². The predicted octanol–water partition coefficient (Wildman–Crippen LogP) is 5.11. The van der Waals surface area contributed by atoms with E-state index in [4.69, 9.17) is 4.74 Å². The molecular weight excluding hydrogens is 264 g/mol. The van der Waals surface area contributed by atoms with E-state index in [1.807, 2.05) is 57.2 Å². The Hall–Kier alpha value is -2.36. The summed E-state index contributed by atoms with van der Waals surface area (Å²) < 4.78 is 5.09. The predicted molar refractivity (Wildman–Crippen MR) is 84.0 cm³/mol. The van der Waals surface area contributed by atoms with Crippen molar-refractivity contribution in [3.8, 4) is 11.5 Å². The van der Waals surface area contributed by atoms with E-state index < -0.39 is 0 Å². The number of azo groups is 1. The Kier molecular flexibility index (Phi) is 4.26. The summed E-state index contributed by atoms with van der Waals surface area (Å²) in [7, 11) is 1.62. The third-order valence-corrected chi connectivity index (χ3v) is 3.17. The van der Waals surface area contributed by atoms with Crippen LogP contribution < -0.4 is 4.74 Å². The van der Waals surface area contributed by atoms with Crippen LogP contribution in [0.4, 0.5) is 11.4 Å². The van der Waals surface area contributed by atoms with Gasteiger partial charge in [0.05, 0.1) is 12.8 Å². The fourth-order valence-corrected chi connectivity index (χ4v) is 1.98. The van der Waals surface area contributed by atoms with E-state index in [2.05, 4.69) is 10.2 Å². The summed E-state index contributed by atoms with van der Waals surface area (Å²) in [6.45, 7) is 6.14. The molecule has 0 saturated carbocycles. The second-order valence-electron chi connectivity index (χ2n) is 5.82. The molecular formula is C17H20N2O2. The van der Waals surface area contributed by atoms with Crippen molar-refractivity contribution in [1.82, 2.24) is 0 Å². The van der Waals surface area contributed by atoms with E-state index in [9.17, 15) is 5.11 Å². The van der Waals surface area contributed by atoms with Gasteiger partial charge in [-0.1, -0.05) is 32.9 Å². The highest BCUT2D eigenvalue weighted by Crippen LogP contribution is 2.38. The number of rotatable bonds is 3. The molecule has 0 aromatic heterocycles. The first-order valence-corrected chi connectivity index (χ1v) is 6.80.